The van der Waals surface area contributed by atoms with Crippen LogP contribution in [0.5, 0.6) is 0 Å². The van der Waals surface area contributed by atoms with E-state index < -0.39 is 11.9 Å². The van der Waals surface area contributed by atoms with Crippen molar-refractivity contribution in [2.24, 2.45) is 0 Å². The summed E-state index contributed by atoms with van der Waals surface area (Å²) in [5.74, 6) is -1.67. The van der Waals surface area contributed by atoms with Crippen molar-refractivity contribution in [2.75, 3.05) is 12.4 Å². The van der Waals surface area contributed by atoms with E-state index in [0.29, 0.717) is 5.69 Å². The van der Waals surface area contributed by atoms with Crippen LogP contribution in [0, 0.1) is 3.57 Å². The smallest absolute Gasteiger partial charge is 0.396 e. The van der Waals surface area contributed by atoms with Gasteiger partial charge in [-0.1, -0.05) is 6.07 Å². The third-order valence-corrected chi connectivity index (χ3v) is 2.12. The van der Waals surface area contributed by atoms with Gasteiger partial charge in [-0.05, 0) is 40.8 Å². The van der Waals surface area contributed by atoms with Gasteiger partial charge in [0.2, 0.25) is 0 Å². The van der Waals surface area contributed by atoms with E-state index in [-0.39, 0.29) is 0 Å². The fourth-order valence-electron chi connectivity index (χ4n) is 0.841. The highest BCUT2D eigenvalue weighted by atomic mass is 127. The van der Waals surface area contributed by atoms with Gasteiger partial charge in [-0.2, -0.15) is 0 Å². The van der Waals surface area contributed by atoms with Crippen LogP contribution in [0.25, 0.3) is 0 Å². The van der Waals surface area contributed by atoms with E-state index in [1.807, 2.05) is 6.07 Å². The number of hydrogen-bond donors (Lipinski definition) is 1. The van der Waals surface area contributed by atoms with Crippen LogP contribution >= 0.6 is 22.6 Å². The number of carbonyl (C=O) groups excluding carboxylic acids is 2. The first-order chi connectivity index (χ1) is 6.63. The summed E-state index contributed by atoms with van der Waals surface area (Å²) in [5, 5.41) is 2.42. The monoisotopic (exact) mass is 305 g/mol. The Balaban J connectivity index is 2.70. The van der Waals surface area contributed by atoms with Gasteiger partial charge in [0.15, 0.2) is 0 Å². The number of ether oxygens (including phenoxy) is 1. The second-order valence-electron chi connectivity index (χ2n) is 2.46. The third-order valence-electron chi connectivity index (χ3n) is 1.45. The van der Waals surface area contributed by atoms with E-state index in [0.717, 1.165) is 10.7 Å². The number of halogens is 1. The minimum atomic E-state index is -0.899. The highest BCUT2D eigenvalue weighted by molar-refractivity contribution is 14.1. The van der Waals surface area contributed by atoms with Gasteiger partial charge in [-0.15, -0.1) is 0 Å². The second-order valence-corrected chi connectivity index (χ2v) is 3.70. The molecule has 1 rings (SSSR count). The molecule has 0 saturated carbocycles. The average Bonchev–Trinajstić information content (AvgIpc) is 2.16. The van der Waals surface area contributed by atoms with Crippen LogP contribution in [0.3, 0.4) is 0 Å². The van der Waals surface area contributed by atoms with E-state index in [1.165, 1.54) is 0 Å². The van der Waals surface area contributed by atoms with Crippen molar-refractivity contribution < 1.29 is 14.3 Å². The van der Waals surface area contributed by atoms with Gasteiger partial charge in [0.1, 0.15) is 0 Å². The lowest BCUT2D eigenvalue weighted by Gasteiger charge is -2.03. The van der Waals surface area contributed by atoms with Crippen LogP contribution in [0.15, 0.2) is 24.3 Å². The number of esters is 1. The van der Waals surface area contributed by atoms with Gasteiger partial charge >= 0.3 is 11.9 Å². The Bertz CT molecular complexity index is 365. The van der Waals surface area contributed by atoms with Gasteiger partial charge in [-0.25, -0.2) is 4.79 Å². The molecule has 0 bridgehead atoms. The number of amides is 1. The Kier molecular flexibility index (Phi) is 3.87. The quantitative estimate of drug-likeness (QED) is 0.485. The molecule has 1 aromatic carbocycles. The maximum Gasteiger partial charge on any atom is 0.396 e. The number of hydrogen-bond acceptors (Lipinski definition) is 3. The first kappa shape index (κ1) is 11.0. The van der Waals surface area contributed by atoms with Crippen LogP contribution < -0.4 is 5.32 Å². The Morgan fingerprint density at radius 2 is 2.14 bits per heavy atom. The van der Waals surface area contributed by atoms with Gasteiger partial charge in [0.05, 0.1) is 7.11 Å². The second kappa shape index (κ2) is 4.94. The molecular weight excluding hydrogens is 297 g/mol. The summed E-state index contributed by atoms with van der Waals surface area (Å²) in [6, 6.07) is 7.12. The fourth-order valence-corrected chi connectivity index (χ4v) is 1.38. The summed E-state index contributed by atoms with van der Waals surface area (Å²) in [7, 11) is 1.16. The molecule has 0 unspecified atom stereocenters. The number of methoxy groups -OCH3 is 1. The van der Waals surface area contributed by atoms with Crippen LogP contribution in [0.1, 0.15) is 0 Å². The predicted molar refractivity (Wildman–Crippen MR) is 59.8 cm³/mol. The highest BCUT2D eigenvalue weighted by Gasteiger charge is 2.13. The summed E-state index contributed by atoms with van der Waals surface area (Å²) in [4.78, 5) is 21.8. The Hall–Kier alpha value is -1.11. The van der Waals surface area contributed by atoms with Crippen LogP contribution in [0.4, 0.5) is 5.69 Å². The first-order valence-corrected chi connectivity index (χ1v) is 4.86. The number of nitrogens with one attached hydrogen (secondary N) is 1. The molecule has 0 aliphatic rings. The third kappa shape index (κ3) is 2.99. The maximum atomic E-state index is 11.1. The molecule has 74 valence electrons. The Labute approximate surface area is 94.8 Å². The topological polar surface area (TPSA) is 55.4 Å². The molecule has 14 heavy (non-hydrogen) atoms. The zero-order valence-corrected chi connectivity index (χ0v) is 9.57. The highest BCUT2D eigenvalue weighted by Crippen LogP contribution is 2.12. The SMILES string of the molecule is COC(=O)C(=O)Nc1cccc(I)c1. The molecular formula is C9H8INO3. The molecule has 0 aliphatic carbocycles. The lowest BCUT2D eigenvalue weighted by Crippen LogP contribution is -2.23. The van der Waals surface area contributed by atoms with Crippen molar-refractivity contribution >= 4 is 40.2 Å². The fraction of sp³-hybridized carbons (Fsp3) is 0.111. The van der Waals surface area contributed by atoms with Crippen LogP contribution in [0.2, 0.25) is 0 Å². The normalized spacial score (nSPS) is 9.29. The Morgan fingerprint density at radius 3 is 2.71 bits per heavy atom. The van der Waals surface area contributed by atoms with Gasteiger partial charge in [0, 0.05) is 9.26 Å². The first-order valence-electron chi connectivity index (χ1n) is 3.78. The predicted octanol–water partition coefficient (Wildman–Crippen LogP) is 1.40. The molecule has 4 nitrogen and oxygen atoms in total. The van der Waals surface area contributed by atoms with Crippen molar-refractivity contribution in [3.05, 3.63) is 27.8 Å². The van der Waals surface area contributed by atoms with E-state index >= 15 is 0 Å². The molecule has 5 heteroatoms. The Morgan fingerprint density at radius 1 is 1.43 bits per heavy atom. The molecule has 0 fully saturated rings. The van der Waals surface area contributed by atoms with Gasteiger partial charge < -0.3 is 10.1 Å². The number of benzene rings is 1. The van der Waals surface area contributed by atoms with E-state index in [2.05, 4.69) is 32.6 Å². The molecule has 0 atom stereocenters. The minimum absolute atomic E-state index is 0.576. The van der Waals surface area contributed by atoms with E-state index in [4.69, 9.17) is 0 Å². The largest absolute Gasteiger partial charge is 0.462 e. The van der Waals surface area contributed by atoms with Gasteiger partial charge in [-0.3, -0.25) is 4.79 Å². The van der Waals surface area contributed by atoms with Crippen molar-refractivity contribution in [3.8, 4) is 0 Å². The lowest BCUT2D eigenvalue weighted by molar-refractivity contribution is -0.150. The minimum Gasteiger partial charge on any atom is -0.462 e. The van der Waals surface area contributed by atoms with Crippen molar-refractivity contribution in [1.29, 1.82) is 0 Å². The van der Waals surface area contributed by atoms with Crippen molar-refractivity contribution in [1.82, 2.24) is 0 Å². The number of carbonyl (C=O) groups is 2. The number of anilines is 1. The zero-order chi connectivity index (χ0) is 10.6. The summed E-state index contributed by atoms with van der Waals surface area (Å²) < 4.78 is 5.24. The molecule has 1 aromatic rings. The molecule has 0 saturated heterocycles. The summed E-state index contributed by atoms with van der Waals surface area (Å²) >= 11 is 2.11. The molecule has 1 amide bonds. The summed E-state index contributed by atoms with van der Waals surface area (Å²) in [6.07, 6.45) is 0. The van der Waals surface area contributed by atoms with Crippen LogP contribution in [-0.2, 0) is 14.3 Å². The standard InChI is InChI=1S/C9H8INO3/c1-14-9(13)8(12)11-7-4-2-3-6(10)5-7/h2-5H,1H3,(H,11,12). The zero-order valence-electron chi connectivity index (χ0n) is 7.41. The van der Waals surface area contributed by atoms with Gasteiger partial charge in [0.25, 0.3) is 0 Å². The molecule has 0 aromatic heterocycles. The summed E-state index contributed by atoms with van der Waals surface area (Å²) in [5.41, 5.74) is 0.576. The van der Waals surface area contributed by atoms with E-state index in [9.17, 15) is 9.59 Å². The molecule has 0 aliphatic heterocycles. The molecule has 0 heterocycles. The summed E-state index contributed by atoms with van der Waals surface area (Å²) in [6.45, 7) is 0. The van der Waals surface area contributed by atoms with Crippen LogP contribution in [-0.4, -0.2) is 19.0 Å². The van der Waals surface area contributed by atoms with Crippen molar-refractivity contribution in [3.63, 3.8) is 0 Å². The van der Waals surface area contributed by atoms with Crippen molar-refractivity contribution in [2.45, 2.75) is 0 Å². The average molecular weight is 305 g/mol. The maximum absolute atomic E-state index is 11.1. The number of rotatable bonds is 1. The molecule has 1 N–H and O–H groups in total. The van der Waals surface area contributed by atoms with E-state index in [1.54, 1.807) is 18.2 Å². The lowest BCUT2D eigenvalue weighted by atomic mass is 10.3. The molecule has 0 spiro atoms. The molecule has 0 radical (unpaired) electrons.